The number of methoxy groups -OCH3 is 1. The standard InChI is InChI=1S/C26H27N3O4/c1-3-28(17-24(30)27-21-12-6-7-14-23(21)33-2)26(32)19-15-25(31)29(16-19)22-13-8-10-18-9-4-5-11-20(18)22/h4-14,19H,3,15-17H2,1-2H3,(H,27,30). The van der Waals surface area contributed by atoms with Crippen molar-refractivity contribution in [1.82, 2.24) is 4.90 Å². The van der Waals surface area contributed by atoms with Gasteiger partial charge in [0.25, 0.3) is 0 Å². The van der Waals surface area contributed by atoms with Gasteiger partial charge in [0, 0.05) is 24.9 Å². The third-order valence-corrected chi connectivity index (χ3v) is 5.94. The summed E-state index contributed by atoms with van der Waals surface area (Å²) in [6.45, 7) is 2.41. The minimum Gasteiger partial charge on any atom is -0.495 e. The number of fused-ring (bicyclic) bond motifs is 1. The molecule has 1 unspecified atom stereocenters. The highest BCUT2D eigenvalue weighted by Crippen LogP contribution is 2.32. The van der Waals surface area contributed by atoms with Gasteiger partial charge < -0.3 is 19.9 Å². The quantitative estimate of drug-likeness (QED) is 0.602. The molecule has 3 aromatic rings. The zero-order chi connectivity index (χ0) is 23.4. The van der Waals surface area contributed by atoms with E-state index in [-0.39, 0.29) is 30.7 Å². The largest absolute Gasteiger partial charge is 0.495 e. The minimum atomic E-state index is -0.490. The Hall–Kier alpha value is -3.87. The molecule has 0 saturated carbocycles. The molecular formula is C26H27N3O4. The average Bonchev–Trinajstić information content (AvgIpc) is 3.23. The number of ether oxygens (including phenoxy) is 1. The molecule has 7 heteroatoms. The number of hydrogen-bond acceptors (Lipinski definition) is 4. The van der Waals surface area contributed by atoms with Crippen molar-refractivity contribution in [2.45, 2.75) is 13.3 Å². The molecule has 33 heavy (non-hydrogen) atoms. The molecule has 1 aliphatic heterocycles. The van der Waals surface area contributed by atoms with E-state index in [0.717, 1.165) is 16.5 Å². The van der Waals surface area contributed by atoms with Crippen molar-refractivity contribution in [1.29, 1.82) is 0 Å². The molecule has 4 rings (SSSR count). The van der Waals surface area contributed by atoms with Crippen molar-refractivity contribution in [3.63, 3.8) is 0 Å². The van der Waals surface area contributed by atoms with Crippen LogP contribution in [-0.2, 0) is 14.4 Å². The normalized spacial score (nSPS) is 15.5. The van der Waals surface area contributed by atoms with Crippen LogP contribution in [0, 0.1) is 5.92 Å². The molecule has 1 heterocycles. The van der Waals surface area contributed by atoms with E-state index in [4.69, 9.17) is 4.74 Å². The Labute approximate surface area is 192 Å². The summed E-state index contributed by atoms with van der Waals surface area (Å²) < 4.78 is 5.26. The first kappa shape index (κ1) is 22.3. The maximum absolute atomic E-state index is 13.2. The molecule has 0 aliphatic carbocycles. The topological polar surface area (TPSA) is 79.0 Å². The van der Waals surface area contributed by atoms with E-state index in [1.807, 2.05) is 55.5 Å². The maximum Gasteiger partial charge on any atom is 0.244 e. The van der Waals surface area contributed by atoms with Crippen LogP contribution in [0.2, 0.25) is 0 Å². The zero-order valence-corrected chi connectivity index (χ0v) is 18.8. The molecule has 1 atom stereocenters. The van der Waals surface area contributed by atoms with Gasteiger partial charge in [-0.25, -0.2) is 0 Å². The van der Waals surface area contributed by atoms with Crippen molar-refractivity contribution in [3.8, 4) is 5.75 Å². The predicted octanol–water partition coefficient (Wildman–Crippen LogP) is 3.69. The highest BCUT2D eigenvalue weighted by Gasteiger charge is 2.37. The van der Waals surface area contributed by atoms with Crippen LogP contribution < -0.4 is 15.0 Å². The Morgan fingerprint density at radius 2 is 1.79 bits per heavy atom. The lowest BCUT2D eigenvalue weighted by molar-refractivity contribution is -0.138. The second-order valence-corrected chi connectivity index (χ2v) is 8.00. The van der Waals surface area contributed by atoms with Crippen molar-refractivity contribution in [3.05, 3.63) is 66.7 Å². The van der Waals surface area contributed by atoms with Crippen LogP contribution in [0.5, 0.6) is 5.75 Å². The predicted molar refractivity (Wildman–Crippen MR) is 128 cm³/mol. The minimum absolute atomic E-state index is 0.0840. The van der Waals surface area contributed by atoms with Gasteiger partial charge in [-0.15, -0.1) is 0 Å². The highest BCUT2D eigenvalue weighted by atomic mass is 16.5. The molecule has 3 amide bonds. The monoisotopic (exact) mass is 445 g/mol. The van der Waals surface area contributed by atoms with Crippen molar-refractivity contribution < 1.29 is 19.1 Å². The molecule has 0 aromatic heterocycles. The summed E-state index contributed by atoms with van der Waals surface area (Å²) in [5.74, 6) is -0.532. The smallest absolute Gasteiger partial charge is 0.244 e. The van der Waals surface area contributed by atoms with Crippen molar-refractivity contribution in [2.24, 2.45) is 5.92 Å². The van der Waals surface area contributed by atoms with Gasteiger partial charge >= 0.3 is 0 Å². The van der Waals surface area contributed by atoms with Crippen LogP contribution in [0.1, 0.15) is 13.3 Å². The fourth-order valence-corrected chi connectivity index (χ4v) is 4.26. The van der Waals surface area contributed by atoms with Gasteiger partial charge in [0.2, 0.25) is 17.7 Å². The SMILES string of the molecule is CCN(CC(=O)Nc1ccccc1OC)C(=O)C1CC(=O)N(c2cccc3ccccc23)C1. The second kappa shape index (κ2) is 9.73. The molecule has 1 N–H and O–H groups in total. The van der Waals surface area contributed by atoms with E-state index in [2.05, 4.69) is 5.32 Å². The van der Waals surface area contributed by atoms with Crippen LogP contribution >= 0.6 is 0 Å². The number of carbonyl (C=O) groups excluding carboxylic acids is 3. The summed E-state index contributed by atoms with van der Waals surface area (Å²) >= 11 is 0. The number of nitrogens with one attached hydrogen (secondary N) is 1. The van der Waals surface area contributed by atoms with Crippen LogP contribution in [0.15, 0.2) is 66.7 Å². The lowest BCUT2D eigenvalue weighted by Crippen LogP contribution is -2.42. The molecule has 0 radical (unpaired) electrons. The Morgan fingerprint density at radius 3 is 2.58 bits per heavy atom. The van der Waals surface area contributed by atoms with Gasteiger partial charge in [0.15, 0.2) is 0 Å². The summed E-state index contributed by atoms with van der Waals surface area (Å²) in [7, 11) is 1.53. The Bertz CT molecular complexity index is 1190. The molecule has 1 fully saturated rings. The van der Waals surface area contributed by atoms with E-state index < -0.39 is 5.92 Å². The van der Waals surface area contributed by atoms with Crippen molar-refractivity contribution >= 4 is 39.9 Å². The Morgan fingerprint density at radius 1 is 1.06 bits per heavy atom. The fraction of sp³-hybridized carbons (Fsp3) is 0.269. The number of carbonyl (C=O) groups is 3. The number of hydrogen-bond donors (Lipinski definition) is 1. The number of likely N-dealkylation sites (N-methyl/N-ethyl adjacent to an activating group) is 1. The lowest BCUT2D eigenvalue weighted by Gasteiger charge is -2.24. The number of nitrogens with zero attached hydrogens (tertiary/aromatic N) is 2. The molecule has 0 bridgehead atoms. The number of para-hydroxylation sites is 2. The third kappa shape index (κ3) is 4.67. The highest BCUT2D eigenvalue weighted by molar-refractivity contribution is 6.07. The number of benzene rings is 3. The second-order valence-electron chi connectivity index (χ2n) is 8.00. The van der Waals surface area contributed by atoms with E-state index in [0.29, 0.717) is 24.5 Å². The molecular weight excluding hydrogens is 418 g/mol. The van der Waals surface area contributed by atoms with Gasteiger partial charge in [-0.1, -0.05) is 48.5 Å². The number of rotatable bonds is 7. The van der Waals surface area contributed by atoms with Gasteiger partial charge in [0.05, 0.1) is 30.9 Å². The summed E-state index contributed by atoms with van der Waals surface area (Å²) in [5.41, 5.74) is 1.36. The van der Waals surface area contributed by atoms with Crippen LogP contribution in [0.4, 0.5) is 11.4 Å². The van der Waals surface area contributed by atoms with E-state index in [1.165, 1.54) is 12.0 Å². The summed E-state index contributed by atoms with van der Waals surface area (Å²) in [6.07, 6.45) is 0.132. The summed E-state index contributed by atoms with van der Waals surface area (Å²) in [4.78, 5) is 41.9. The number of anilines is 2. The van der Waals surface area contributed by atoms with Crippen LogP contribution in [0.3, 0.4) is 0 Å². The van der Waals surface area contributed by atoms with Gasteiger partial charge in [0.1, 0.15) is 5.75 Å². The van der Waals surface area contributed by atoms with Crippen LogP contribution in [0.25, 0.3) is 10.8 Å². The van der Waals surface area contributed by atoms with E-state index in [1.54, 1.807) is 23.1 Å². The molecule has 1 saturated heterocycles. The van der Waals surface area contributed by atoms with Gasteiger partial charge in [-0.2, -0.15) is 0 Å². The number of amides is 3. The van der Waals surface area contributed by atoms with Crippen molar-refractivity contribution in [2.75, 3.05) is 37.0 Å². The Kier molecular flexibility index (Phi) is 6.58. The third-order valence-electron chi connectivity index (χ3n) is 5.94. The lowest BCUT2D eigenvalue weighted by atomic mass is 10.1. The zero-order valence-electron chi connectivity index (χ0n) is 18.8. The first-order valence-corrected chi connectivity index (χ1v) is 11.0. The molecule has 170 valence electrons. The first-order chi connectivity index (χ1) is 16.0. The average molecular weight is 446 g/mol. The molecule has 1 aliphatic rings. The molecule has 7 nitrogen and oxygen atoms in total. The maximum atomic E-state index is 13.2. The Balaban J connectivity index is 1.45. The summed E-state index contributed by atoms with van der Waals surface area (Å²) in [6, 6.07) is 20.8. The summed E-state index contributed by atoms with van der Waals surface area (Å²) in [5, 5.41) is 4.82. The molecule has 0 spiro atoms. The van der Waals surface area contributed by atoms with Gasteiger partial charge in [-0.3, -0.25) is 14.4 Å². The van der Waals surface area contributed by atoms with E-state index >= 15 is 0 Å². The molecule has 3 aromatic carbocycles. The van der Waals surface area contributed by atoms with Gasteiger partial charge in [-0.05, 0) is 30.5 Å². The van der Waals surface area contributed by atoms with Crippen LogP contribution in [-0.4, -0.2) is 49.4 Å². The first-order valence-electron chi connectivity index (χ1n) is 11.0. The van der Waals surface area contributed by atoms with E-state index in [9.17, 15) is 14.4 Å². The fourth-order valence-electron chi connectivity index (χ4n) is 4.26.